The Morgan fingerprint density at radius 3 is 2.90 bits per heavy atom. The molecule has 114 valence electrons. The number of rotatable bonds is 4. The Bertz CT molecular complexity index is 550. The molecular weight excluding hydrogens is 297 g/mol. The molecule has 0 radical (unpaired) electrons. The lowest BCUT2D eigenvalue weighted by Crippen LogP contribution is -2.40. The molecular formula is C15H17ClFNO3. The van der Waals surface area contributed by atoms with Gasteiger partial charge in [-0.25, -0.2) is 4.39 Å². The molecule has 1 aliphatic rings. The molecule has 1 N–H and O–H groups in total. The molecule has 1 aliphatic heterocycles. The highest BCUT2D eigenvalue weighted by Gasteiger charge is 2.26. The quantitative estimate of drug-likeness (QED) is 0.928. The van der Waals surface area contributed by atoms with Crippen LogP contribution in [0.15, 0.2) is 18.2 Å². The second kappa shape index (κ2) is 6.89. The van der Waals surface area contributed by atoms with Crippen LogP contribution in [0.4, 0.5) is 4.39 Å². The average Bonchev–Trinajstić information content (AvgIpc) is 2.47. The van der Waals surface area contributed by atoms with E-state index in [2.05, 4.69) is 0 Å². The lowest BCUT2D eigenvalue weighted by Gasteiger charge is -2.32. The average molecular weight is 314 g/mol. The summed E-state index contributed by atoms with van der Waals surface area (Å²) < 4.78 is 13.9. The zero-order valence-corrected chi connectivity index (χ0v) is 12.3. The molecule has 0 saturated carbocycles. The fourth-order valence-electron chi connectivity index (χ4n) is 2.65. The third kappa shape index (κ3) is 3.94. The van der Waals surface area contributed by atoms with Crippen LogP contribution >= 0.6 is 11.6 Å². The summed E-state index contributed by atoms with van der Waals surface area (Å²) in [6, 6.07) is 4.37. The van der Waals surface area contributed by atoms with E-state index in [-0.39, 0.29) is 28.8 Å². The predicted molar refractivity (Wildman–Crippen MR) is 76.9 cm³/mol. The summed E-state index contributed by atoms with van der Waals surface area (Å²) in [6.45, 7) is 1.03. The van der Waals surface area contributed by atoms with Crippen LogP contribution in [0.2, 0.25) is 5.02 Å². The van der Waals surface area contributed by atoms with Crippen LogP contribution in [0.1, 0.15) is 36.0 Å². The normalized spacial score (nSPS) is 18.6. The highest BCUT2D eigenvalue weighted by molar-refractivity contribution is 6.31. The summed E-state index contributed by atoms with van der Waals surface area (Å²) in [5, 5.41) is 8.65. The second-order valence-corrected chi connectivity index (χ2v) is 5.70. The van der Waals surface area contributed by atoms with Gasteiger partial charge in [0.1, 0.15) is 0 Å². The van der Waals surface area contributed by atoms with Gasteiger partial charge in [-0.1, -0.05) is 17.7 Å². The zero-order valence-electron chi connectivity index (χ0n) is 11.5. The summed E-state index contributed by atoms with van der Waals surface area (Å²) in [7, 11) is 0. The van der Waals surface area contributed by atoms with Crippen molar-refractivity contribution < 1.29 is 19.1 Å². The number of amides is 1. The molecule has 1 heterocycles. The number of halogens is 2. The molecule has 0 aliphatic carbocycles. The van der Waals surface area contributed by atoms with Crippen molar-refractivity contribution in [1.82, 2.24) is 4.90 Å². The van der Waals surface area contributed by atoms with Gasteiger partial charge >= 0.3 is 5.97 Å². The van der Waals surface area contributed by atoms with Crippen LogP contribution in [0.3, 0.4) is 0 Å². The maximum atomic E-state index is 13.9. The fourth-order valence-corrected chi connectivity index (χ4v) is 2.83. The van der Waals surface area contributed by atoms with E-state index in [9.17, 15) is 14.0 Å². The van der Waals surface area contributed by atoms with Crippen LogP contribution in [0.25, 0.3) is 0 Å². The number of carboxylic acids is 1. The monoisotopic (exact) mass is 313 g/mol. The molecule has 1 aromatic rings. The van der Waals surface area contributed by atoms with E-state index in [1.54, 1.807) is 11.0 Å². The molecule has 1 saturated heterocycles. The van der Waals surface area contributed by atoms with E-state index in [0.29, 0.717) is 19.5 Å². The first-order valence-electron chi connectivity index (χ1n) is 6.94. The Morgan fingerprint density at radius 1 is 1.43 bits per heavy atom. The third-order valence-electron chi connectivity index (χ3n) is 3.75. The maximum Gasteiger partial charge on any atom is 0.303 e. The number of carbonyl (C=O) groups is 2. The van der Waals surface area contributed by atoms with E-state index in [0.717, 1.165) is 12.8 Å². The van der Waals surface area contributed by atoms with Gasteiger partial charge in [-0.15, -0.1) is 0 Å². The molecule has 0 bridgehead atoms. The SMILES string of the molecule is O=C(O)CCC1CCCN(C(=O)c2cccc(Cl)c2F)C1. The van der Waals surface area contributed by atoms with Gasteiger partial charge < -0.3 is 10.0 Å². The Morgan fingerprint density at radius 2 is 2.19 bits per heavy atom. The lowest BCUT2D eigenvalue weighted by molar-refractivity contribution is -0.137. The Kier molecular flexibility index (Phi) is 5.17. The summed E-state index contributed by atoms with van der Waals surface area (Å²) in [6.07, 6.45) is 2.34. The molecule has 2 rings (SSSR count). The number of hydrogen-bond donors (Lipinski definition) is 1. The van der Waals surface area contributed by atoms with Crippen LogP contribution in [-0.2, 0) is 4.79 Å². The molecule has 4 nitrogen and oxygen atoms in total. The number of carbonyl (C=O) groups excluding carboxylic acids is 1. The number of benzene rings is 1. The first-order chi connectivity index (χ1) is 9.99. The minimum atomic E-state index is -0.834. The molecule has 1 atom stereocenters. The van der Waals surface area contributed by atoms with Gasteiger partial charge in [0.25, 0.3) is 5.91 Å². The molecule has 1 amide bonds. The standard InChI is InChI=1S/C15H17ClFNO3/c16-12-5-1-4-11(14(12)17)15(21)18-8-2-3-10(9-18)6-7-13(19)20/h1,4-5,10H,2-3,6-9H2,(H,19,20). The summed E-state index contributed by atoms with van der Waals surface area (Å²) in [5.74, 6) is -1.76. The molecule has 1 unspecified atom stereocenters. The minimum absolute atomic E-state index is 0.0265. The van der Waals surface area contributed by atoms with Crippen molar-refractivity contribution >= 4 is 23.5 Å². The second-order valence-electron chi connectivity index (χ2n) is 5.29. The highest BCUT2D eigenvalue weighted by Crippen LogP contribution is 2.24. The van der Waals surface area contributed by atoms with Crippen LogP contribution in [-0.4, -0.2) is 35.0 Å². The number of carboxylic acid groups (broad SMARTS) is 1. The van der Waals surface area contributed by atoms with Crippen molar-refractivity contribution in [1.29, 1.82) is 0 Å². The van der Waals surface area contributed by atoms with E-state index < -0.39 is 11.8 Å². The minimum Gasteiger partial charge on any atom is -0.481 e. The van der Waals surface area contributed by atoms with Crippen molar-refractivity contribution in [3.63, 3.8) is 0 Å². The first kappa shape index (κ1) is 15.8. The number of nitrogens with zero attached hydrogens (tertiary/aromatic N) is 1. The molecule has 0 aromatic heterocycles. The summed E-state index contributed by atoms with van der Waals surface area (Å²) in [4.78, 5) is 24.6. The van der Waals surface area contributed by atoms with Crippen LogP contribution in [0, 0.1) is 11.7 Å². The highest BCUT2D eigenvalue weighted by atomic mass is 35.5. The summed E-state index contributed by atoms with van der Waals surface area (Å²) >= 11 is 5.70. The molecule has 0 spiro atoms. The van der Waals surface area contributed by atoms with E-state index in [1.807, 2.05) is 0 Å². The van der Waals surface area contributed by atoms with Crippen molar-refractivity contribution in [2.75, 3.05) is 13.1 Å². The molecule has 1 fully saturated rings. The van der Waals surface area contributed by atoms with Crippen molar-refractivity contribution in [3.8, 4) is 0 Å². The zero-order chi connectivity index (χ0) is 15.4. The first-order valence-corrected chi connectivity index (χ1v) is 7.32. The van der Waals surface area contributed by atoms with Gasteiger partial charge in [-0.2, -0.15) is 0 Å². The van der Waals surface area contributed by atoms with Gasteiger partial charge in [-0.05, 0) is 37.3 Å². The number of piperidine rings is 1. The van der Waals surface area contributed by atoms with Gasteiger partial charge in [0.15, 0.2) is 5.82 Å². The van der Waals surface area contributed by atoms with Crippen molar-refractivity contribution in [2.45, 2.75) is 25.7 Å². The van der Waals surface area contributed by atoms with Crippen molar-refractivity contribution in [3.05, 3.63) is 34.6 Å². The number of likely N-dealkylation sites (tertiary alicyclic amines) is 1. The molecule has 1 aromatic carbocycles. The predicted octanol–water partition coefficient (Wildman–Crippen LogP) is 3.20. The number of aliphatic carboxylic acids is 1. The molecule has 21 heavy (non-hydrogen) atoms. The fraction of sp³-hybridized carbons (Fsp3) is 0.467. The largest absolute Gasteiger partial charge is 0.481 e. The van der Waals surface area contributed by atoms with E-state index in [1.165, 1.54) is 12.1 Å². The van der Waals surface area contributed by atoms with Crippen LogP contribution < -0.4 is 0 Å². The van der Waals surface area contributed by atoms with Gasteiger partial charge in [0, 0.05) is 19.5 Å². The topological polar surface area (TPSA) is 57.6 Å². The van der Waals surface area contributed by atoms with Gasteiger partial charge in [0.2, 0.25) is 0 Å². The van der Waals surface area contributed by atoms with Crippen LogP contribution in [0.5, 0.6) is 0 Å². The van der Waals surface area contributed by atoms with Gasteiger partial charge in [-0.3, -0.25) is 9.59 Å². The summed E-state index contributed by atoms with van der Waals surface area (Å²) in [5.41, 5.74) is -0.0265. The Labute approximate surface area is 127 Å². The number of hydrogen-bond acceptors (Lipinski definition) is 2. The van der Waals surface area contributed by atoms with Gasteiger partial charge in [0.05, 0.1) is 10.6 Å². The van der Waals surface area contributed by atoms with E-state index >= 15 is 0 Å². The molecule has 6 heteroatoms. The Balaban J connectivity index is 2.05. The Hall–Kier alpha value is -1.62. The smallest absolute Gasteiger partial charge is 0.303 e. The van der Waals surface area contributed by atoms with E-state index in [4.69, 9.17) is 16.7 Å². The maximum absolute atomic E-state index is 13.9. The van der Waals surface area contributed by atoms with Crippen molar-refractivity contribution in [2.24, 2.45) is 5.92 Å². The third-order valence-corrected chi connectivity index (χ3v) is 4.05. The lowest BCUT2D eigenvalue weighted by atomic mass is 9.93.